The summed E-state index contributed by atoms with van der Waals surface area (Å²) in [5, 5.41) is 1.05. The monoisotopic (exact) mass is 650 g/mol. The van der Waals surface area contributed by atoms with Crippen molar-refractivity contribution in [1.29, 1.82) is 0 Å². The summed E-state index contributed by atoms with van der Waals surface area (Å²) in [4.78, 5) is 26.0. The first-order valence-corrected chi connectivity index (χ1v) is 13.1. The molecule has 3 aromatic carbocycles. The van der Waals surface area contributed by atoms with Crippen LogP contribution in [0, 0.1) is 9.39 Å². The van der Waals surface area contributed by atoms with Gasteiger partial charge in [0, 0.05) is 11.1 Å². The van der Waals surface area contributed by atoms with E-state index in [0.29, 0.717) is 42.4 Å². The number of amides is 2. The average molecular weight is 650 g/mol. The van der Waals surface area contributed by atoms with Crippen LogP contribution in [-0.4, -0.2) is 35.4 Å². The molecule has 1 saturated heterocycles. The van der Waals surface area contributed by atoms with Gasteiger partial charge < -0.3 is 14.2 Å². The summed E-state index contributed by atoms with van der Waals surface area (Å²) in [6, 6.07) is 16.4. The van der Waals surface area contributed by atoms with Gasteiger partial charge in [-0.15, -0.1) is 0 Å². The fourth-order valence-electron chi connectivity index (χ4n) is 3.35. The number of benzene rings is 3. The van der Waals surface area contributed by atoms with Gasteiger partial charge in [-0.25, -0.2) is 4.39 Å². The van der Waals surface area contributed by atoms with Gasteiger partial charge in [0.25, 0.3) is 11.8 Å². The summed E-state index contributed by atoms with van der Waals surface area (Å²) in [5.41, 5.74) is 3.99. The van der Waals surface area contributed by atoms with Crippen LogP contribution in [-0.2, 0) is 11.4 Å². The van der Waals surface area contributed by atoms with Crippen LogP contribution in [0.1, 0.15) is 21.5 Å². The lowest BCUT2D eigenvalue weighted by Crippen LogP contribution is -2.44. The van der Waals surface area contributed by atoms with Gasteiger partial charge in [0.1, 0.15) is 18.2 Å². The molecule has 0 atom stereocenters. The van der Waals surface area contributed by atoms with Crippen molar-refractivity contribution in [3.05, 3.63) is 91.6 Å². The van der Waals surface area contributed by atoms with Crippen LogP contribution in [0.3, 0.4) is 0 Å². The van der Waals surface area contributed by atoms with Crippen molar-refractivity contribution in [3.8, 4) is 17.2 Å². The van der Waals surface area contributed by atoms with E-state index in [1.807, 2.05) is 6.07 Å². The predicted molar refractivity (Wildman–Crippen MR) is 152 cm³/mol. The molecule has 0 aliphatic carbocycles. The quantitative estimate of drug-likeness (QED) is 0.194. The Hall–Kier alpha value is -3.16. The van der Waals surface area contributed by atoms with Crippen molar-refractivity contribution in [3.63, 3.8) is 0 Å². The lowest BCUT2D eigenvalue weighted by atomic mass is 10.1. The molecule has 190 valence electrons. The highest BCUT2D eigenvalue weighted by Gasteiger charge is 2.34. The van der Waals surface area contributed by atoms with E-state index < -0.39 is 11.8 Å². The Kier molecular flexibility index (Phi) is 8.67. The van der Waals surface area contributed by atoms with Crippen LogP contribution < -0.4 is 19.6 Å². The molecule has 0 spiro atoms. The molecule has 11 heteroatoms. The number of carbonyl (C=O) groups is 2. The van der Waals surface area contributed by atoms with Crippen molar-refractivity contribution < 1.29 is 28.2 Å². The number of thioether (sulfide) groups is 1. The molecule has 1 aliphatic rings. The maximum absolute atomic E-state index is 14.0. The molecular weight excluding hydrogens is 630 g/mol. The van der Waals surface area contributed by atoms with Crippen LogP contribution >= 0.6 is 46.6 Å². The number of methoxy groups -OCH3 is 2. The van der Waals surface area contributed by atoms with Gasteiger partial charge in [0.05, 0.1) is 22.7 Å². The van der Waals surface area contributed by atoms with Crippen molar-refractivity contribution in [2.24, 2.45) is 0 Å². The first kappa shape index (κ1) is 26.9. The first-order valence-electron chi connectivity index (χ1n) is 10.8. The number of nitrogens with zero attached hydrogens (tertiary/aromatic N) is 1. The molecule has 0 bridgehead atoms. The van der Waals surface area contributed by atoms with Crippen molar-refractivity contribution in [2.75, 3.05) is 14.2 Å². The van der Waals surface area contributed by atoms with E-state index in [4.69, 9.17) is 26.4 Å². The van der Waals surface area contributed by atoms with Gasteiger partial charge in [-0.3, -0.25) is 15.0 Å². The molecule has 0 saturated carbocycles. The number of ether oxygens (including phenoxy) is 3. The number of hydrogen-bond acceptors (Lipinski definition) is 7. The third-order valence-corrected chi connectivity index (χ3v) is 7.34. The van der Waals surface area contributed by atoms with E-state index in [2.05, 4.69) is 28.0 Å². The Bertz CT molecular complexity index is 1400. The zero-order valence-electron chi connectivity index (χ0n) is 19.6. The fraction of sp³-hybridized carbons (Fsp3) is 0.115. The minimum Gasteiger partial charge on any atom is -0.497 e. The summed E-state index contributed by atoms with van der Waals surface area (Å²) >= 11 is 8.48. The Balaban J connectivity index is 1.50. The van der Waals surface area contributed by atoms with Crippen molar-refractivity contribution >= 4 is 68.8 Å². The van der Waals surface area contributed by atoms with E-state index >= 15 is 0 Å². The number of hydrogen-bond donors (Lipinski definition) is 1. The normalized spacial score (nSPS) is 14.2. The highest BCUT2D eigenvalue weighted by atomic mass is 127. The summed E-state index contributed by atoms with van der Waals surface area (Å²) in [5.74, 6) is 0.215. The predicted octanol–water partition coefficient (Wildman–Crippen LogP) is 5.57. The third-order valence-electron chi connectivity index (χ3n) is 5.24. The topological polar surface area (TPSA) is 77.1 Å². The molecule has 1 aliphatic heterocycles. The van der Waals surface area contributed by atoms with Gasteiger partial charge in [-0.2, -0.15) is 5.01 Å². The van der Waals surface area contributed by atoms with Crippen LogP contribution in [0.2, 0.25) is 0 Å². The Labute approximate surface area is 236 Å². The lowest BCUT2D eigenvalue weighted by Gasteiger charge is -2.16. The minimum atomic E-state index is -0.479. The zero-order valence-corrected chi connectivity index (χ0v) is 23.4. The second-order valence-corrected chi connectivity index (χ2v) is 10.4. The van der Waals surface area contributed by atoms with Crippen LogP contribution in [0.4, 0.5) is 4.39 Å². The highest BCUT2D eigenvalue weighted by Crippen LogP contribution is 2.37. The maximum atomic E-state index is 14.0. The molecule has 4 rings (SSSR count). The van der Waals surface area contributed by atoms with Gasteiger partial charge >= 0.3 is 0 Å². The SMILES string of the molecule is COc1ccc(C(=O)NN2C(=O)/C(=C\c3cc(I)c(OCc4ccccc4F)c(OC)c3)SC2=S)cc1. The van der Waals surface area contributed by atoms with E-state index in [1.165, 1.54) is 20.3 Å². The average Bonchev–Trinajstić information content (AvgIpc) is 3.15. The number of rotatable bonds is 8. The Morgan fingerprint density at radius 1 is 1.14 bits per heavy atom. The standard InChI is InChI=1S/C26H20FIN2O5S2/c1-33-18-9-7-16(8-10-18)24(31)29-30-25(32)22(37-26(30)36)13-15-11-20(28)23(21(12-15)34-2)35-14-17-5-3-4-6-19(17)27/h3-13H,14H2,1-2H3,(H,29,31)/b22-13+. The molecule has 1 fully saturated rings. The highest BCUT2D eigenvalue weighted by molar-refractivity contribution is 14.1. The largest absolute Gasteiger partial charge is 0.497 e. The van der Waals surface area contributed by atoms with Crippen LogP contribution in [0.15, 0.2) is 65.6 Å². The zero-order chi connectivity index (χ0) is 26.5. The van der Waals surface area contributed by atoms with Gasteiger partial charge in [0.15, 0.2) is 15.8 Å². The van der Waals surface area contributed by atoms with Crippen LogP contribution in [0.25, 0.3) is 6.08 Å². The molecule has 0 unspecified atom stereocenters. The minimum absolute atomic E-state index is 0.0327. The van der Waals surface area contributed by atoms with E-state index in [0.717, 1.165) is 16.8 Å². The molecule has 0 aromatic heterocycles. The summed E-state index contributed by atoms with van der Waals surface area (Å²) in [6.45, 7) is 0.0327. The molecule has 1 heterocycles. The third kappa shape index (κ3) is 6.22. The van der Waals surface area contributed by atoms with Crippen LogP contribution in [0.5, 0.6) is 17.2 Å². The summed E-state index contributed by atoms with van der Waals surface area (Å²) in [7, 11) is 3.03. The first-order chi connectivity index (χ1) is 17.8. The molecule has 3 aromatic rings. The number of thiocarbonyl (C=S) groups is 1. The molecular formula is C26H20FIN2O5S2. The maximum Gasteiger partial charge on any atom is 0.285 e. The van der Waals surface area contributed by atoms with Crippen molar-refractivity contribution in [2.45, 2.75) is 6.61 Å². The number of carbonyl (C=O) groups excluding carboxylic acids is 2. The van der Waals surface area contributed by atoms with E-state index in [9.17, 15) is 14.0 Å². The molecule has 1 N–H and O–H groups in total. The van der Waals surface area contributed by atoms with Crippen molar-refractivity contribution in [1.82, 2.24) is 10.4 Å². The molecule has 37 heavy (non-hydrogen) atoms. The Morgan fingerprint density at radius 3 is 2.54 bits per heavy atom. The van der Waals surface area contributed by atoms with Gasteiger partial charge in [-0.05, 0) is 88.9 Å². The number of halogens is 2. The summed E-state index contributed by atoms with van der Waals surface area (Å²) < 4.78 is 31.3. The molecule has 0 radical (unpaired) electrons. The second kappa shape index (κ2) is 11.9. The van der Waals surface area contributed by atoms with Gasteiger partial charge in [-0.1, -0.05) is 30.0 Å². The number of hydrazine groups is 1. The van der Waals surface area contributed by atoms with E-state index in [-0.39, 0.29) is 16.7 Å². The van der Waals surface area contributed by atoms with Gasteiger partial charge in [0.2, 0.25) is 0 Å². The fourth-order valence-corrected chi connectivity index (χ4v) is 5.31. The molecule has 7 nitrogen and oxygen atoms in total. The second-order valence-electron chi connectivity index (χ2n) is 7.60. The number of nitrogens with one attached hydrogen (secondary N) is 1. The van der Waals surface area contributed by atoms with E-state index in [1.54, 1.807) is 54.6 Å². The Morgan fingerprint density at radius 2 is 1.86 bits per heavy atom. The lowest BCUT2D eigenvalue weighted by molar-refractivity contribution is -0.123. The molecule has 2 amide bonds. The summed E-state index contributed by atoms with van der Waals surface area (Å²) in [6.07, 6.45) is 1.66. The smallest absolute Gasteiger partial charge is 0.285 e.